The maximum Gasteiger partial charge on any atom is 0.411 e. The van der Waals surface area contributed by atoms with E-state index in [4.69, 9.17) is 4.74 Å². The van der Waals surface area contributed by atoms with Crippen molar-refractivity contribution in [1.29, 1.82) is 0 Å². The van der Waals surface area contributed by atoms with Crippen molar-refractivity contribution >= 4 is 23.6 Å². The second kappa shape index (κ2) is 10.4. The Morgan fingerprint density at radius 1 is 0.943 bits per heavy atom. The van der Waals surface area contributed by atoms with E-state index in [0.717, 1.165) is 11.1 Å². The van der Waals surface area contributed by atoms with Crippen molar-refractivity contribution in [1.82, 2.24) is 10.2 Å². The lowest BCUT2D eigenvalue weighted by atomic mass is 10.00. The summed E-state index contributed by atoms with van der Waals surface area (Å²) in [5.74, 6) is -0.489. The molecule has 1 aliphatic rings. The summed E-state index contributed by atoms with van der Waals surface area (Å²) in [4.78, 5) is 40.0. The van der Waals surface area contributed by atoms with E-state index in [-0.39, 0.29) is 24.4 Å². The number of nitrogens with zero attached hydrogens (tertiary/aromatic N) is 1. The molecule has 0 aliphatic carbocycles. The third-order valence-corrected chi connectivity index (χ3v) is 5.79. The summed E-state index contributed by atoms with van der Waals surface area (Å²) in [5, 5.41) is 5.78. The van der Waals surface area contributed by atoms with E-state index in [0.29, 0.717) is 16.8 Å². The largest absolute Gasteiger partial charge is 0.438 e. The van der Waals surface area contributed by atoms with Crippen LogP contribution in [0, 0.1) is 6.92 Å². The average Bonchev–Trinajstić information content (AvgIpc) is 3.16. The van der Waals surface area contributed by atoms with E-state index in [2.05, 4.69) is 10.6 Å². The van der Waals surface area contributed by atoms with E-state index in [1.54, 1.807) is 36.4 Å². The monoisotopic (exact) mass is 471 g/mol. The third kappa shape index (κ3) is 5.69. The molecule has 7 heteroatoms. The van der Waals surface area contributed by atoms with Gasteiger partial charge in [0.05, 0.1) is 6.54 Å². The van der Waals surface area contributed by atoms with Crippen LogP contribution < -0.4 is 10.6 Å². The molecular formula is C28H29N3O4. The van der Waals surface area contributed by atoms with Crippen LogP contribution in [-0.4, -0.2) is 34.9 Å². The minimum absolute atomic E-state index is 0.0863. The molecule has 1 fully saturated rings. The number of hydrogen-bond acceptors (Lipinski definition) is 4. The maximum absolute atomic E-state index is 13.1. The fourth-order valence-electron chi connectivity index (χ4n) is 4.02. The molecular weight excluding hydrogens is 442 g/mol. The van der Waals surface area contributed by atoms with Gasteiger partial charge in [-0.2, -0.15) is 0 Å². The van der Waals surface area contributed by atoms with Gasteiger partial charge in [-0.25, -0.2) is 4.79 Å². The number of cyclic esters (lactones) is 1. The van der Waals surface area contributed by atoms with Crippen LogP contribution in [0.4, 0.5) is 10.5 Å². The number of aryl methyl sites for hydroxylation is 1. The normalized spacial score (nSPS) is 17.3. The number of benzene rings is 3. The number of rotatable bonds is 7. The van der Waals surface area contributed by atoms with Crippen molar-refractivity contribution in [3.8, 4) is 0 Å². The van der Waals surface area contributed by atoms with E-state index < -0.39 is 18.2 Å². The Morgan fingerprint density at radius 3 is 2.23 bits per heavy atom. The fourth-order valence-corrected chi connectivity index (χ4v) is 4.02. The van der Waals surface area contributed by atoms with Crippen molar-refractivity contribution in [2.75, 3.05) is 5.32 Å². The van der Waals surface area contributed by atoms with Crippen LogP contribution in [0.1, 0.15) is 47.0 Å². The van der Waals surface area contributed by atoms with Crippen LogP contribution >= 0.6 is 0 Å². The Bertz CT molecular complexity index is 1190. The van der Waals surface area contributed by atoms with Crippen molar-refractivity contribution < 1.29 is 19.1 Å². The second-order valence-electron chi connectivity index (χ2n) is 8.97. The molecule has 1 saturated heterocycles. The van der Waals surface area contributed by atoms with Crippen molar-refractivity contribution in [3.63, 3.8) is 0 Å². The first-order valence-corrected chi connectivity index (χ1v) is 11.6. The van der Waals surface area contributed by atoms with Gasteiger partial charge in [0.25, 0.3) is 5.91 Å². The molecule has 35 heavy (non-hydrogen) atoms. The standard InChI is InChI=1S/C28H29N3O4/c1-18(2)29-27(33)24-25(35-28(34)31(24)17-20-7-5-4-6-8-20)21-13-15-23(16-14-21)30-26(32)22-11-9-19(3)10-12-22/h4-16,18,24-25H,17H2,1-3H3,(H,29,33)(H,30,32). The van der Waals surface area contributed by atoms with Crippen molar-refractivity contribution in [3.05, 3.63) is 101 Å². The molecule has 2 atom stereocenters. The summed E-state index contributed by atoms with van der Waals surface area (Å²) in [6.07, 6.45) is -1.31. The first-order valence-electron chi connectivity index (χ1n) is 11.6. The summed E-state index contributed by atoms with van der Waals surface area (Å²) < 4.78 is 5.69. The molecule has 1 aliphatic heterocycles. The fraction of sp³-hybridized carbons (Fsp3) is 0.250. The average molecular weight is 472 g/mol. The molecule has 3 aromatic rings. The van der Waals surface area contributed by atoms with Crippen LogP contribution in [0.3, 0.4) is 0 Å². The molecule has 3 amide bonds. The third-order valence-electron chi connectivity index (χ3n) is 5.79. The maximum atomic E-state index is 13.1. The number of anilines is 1. The molecule has 2 unspecified atom stereocenters. The Labute approximate surface area is 205 Å². The molecule has 180 valence electrons. The van der Waals surface area contributed by atoms with Gasteiger partial charge in [0.15, 0.2) is 12.1 Å². The predicted octanol–water partition coefficient (Wildman–Crippen LogP) is 4.83. The number of carbonyl (C=O) groups excluding carboxylic acids is 3. The van der Waals surface area contributed by atoms with Gasteiger partial charge in [-0.3, -0.25) is 14.5 Å². The minimum Gasteiger partial charge on any atom is -0.438 e. The van der Waals surface area contributed by atoms with Gasteiger partial charge in [0.1, 0.15) is 0 Å². The molecule has 0 spiro atoms. The molecule has 0 saturated carbocycles. The van der Waals surface area contributed by atoms with Gasteiger partial charge in [0.2, 0.25) is 5.91 Å². The molecule has 4 rings (SSSR count). The van der Waals surface area contributed by atoms with Crippen LogP contribution in [0.15, 0.2) is 78.9 Å². The van der Waals surface area contributed by atoms with E-state index in [1.807, 2.05) is 63.2 Å². The highest BCUT2D eigenvalue weighted by molar-refractivity contribution is 6.04. The summed E-state index contributed by atoms with van der Waals surface area (Å²) in [6, 6.07) is 22.9. The predicted molar refractivity (Wildman–Crippen MR) is 134 cm³/mol. The summed E-state index contributed by atoms with van der Waals surface area (Å²) >= 11 is 0. The second-order valence-corrected chi connectivity index (χ2v) is 8.97. The highest BCUT2D eigenvalue weighted by Crippen LogP contribution is 2.34. The molecule has 7 nitrogen and oxygen atoms in total. The number of amides is 3. The first-order chi connectivity index (χ1) is 16.8. The molecule has 0 aromatic heterocycles. The van der Waals surface area contributed by atoms with Gasteiger partial charge in [-0.05, 0) is 56.2 Å². The van der Waals surface area contributed by atoms with Gasteiger partial charge in [0, 0.05) is 17.3 Å². The molecule has 2 N–H and O–H groups in total. The summed E-state index contributed by atoms with van der Waals surface area (Å²) in [5.41, 5.74) is 3.82. The van der Waals surface area contributed by atoms with Crippen molar-refractivity contribution in [2.24, 2.45) is 0 Å². The van der Waals surface area contributed by atoms with E-state index >= 15 is 0 Å². The number of hydrogen-bond donors (Lipinski definition) is 2. The van der Waals surface area contributed by atoms with Gasteiger partial charge >= 0.3 is 6.09 Å². The minimum atomic E-state index is -0.821. The zero-order valence-electron chi connectivity index (χ0n) is 20.0. The molecule has 0 radical (unpaired) electrons. The Hall–Kier alpha value is -4.13. The van der Waals surface area contributed by atoms with Crippen LogP contribution in [-0.2, 0) is 16.1 Å². The molecule has 1 heterocycles. The zero-order valence-corrected chi connectivity index (χ0v) is 20.0. The highest BCUT2D eigenvalue weighted by Gasteiger charge is 2.47. The summed E-state index contributed by atoms with van der Waals surface area (Å²) in [6.45, 7) is 5.97. The Morgan fingerprint density at radius 2 is 1.60 bits per heavy atom. The zero-order chi connectivity index (χ0) is 24.9. The topological polar surface area (TPSA) is 87.7 Å². The number of carbonyl (C=O) groups is 3. The number of nitrogens with one attached hydrogen (secondary N) is 2. The number of ether oxygens (including phenoxy) is 1. The lowest BCUT2D eigenvalue weighted by Gasteiger charge is -2.25. The van der Waals surface area contributed by atoms with Crippen LogP contribution in [0.2, 0.25) is 0 Å². The smallest absolute Gasteiger partial charge is 0.411 e. The van der Waals surface area contributed by atoms with Crippen LogP contribution in [0.5, 0.6) is 0 Å². The quantitative estimate of drug-likeness (QED) is 0.517. The Kier molecular flexibility index (Phi) is 7.15. The van der Waals surface area contributed by atoms with Gasteiger partial charge in [-0.15, -0.1) is 0 Å². The van der Waals surface area contributed by atoms with Crippen molar-refractivity contribution in [2.45, 2.75) is 45.5 Å². The van der Waals surface area contributed by atoms with E-state index in [9.17, 15) is 14.4 Å². The van der Waals surface area contributed by atoms with Gasteiger partial charge in [-0.1, -0.05) is 60.2 Å². The van der Waals surface area contributed by atoms with Gasteiger partial charge < -0.3 is 15.4 Å². The molecule has 3 aromatic carbocycles. The summed E-state index contributed by atoms with van der Waals surface area (Å²) in [7, 11) is 0. The highest BCUT2D eigenvalue weighted by atomic mass is 16.6. The van der Waals surface area contributed by atoms with Crippen LogP contribution in [0.25, 0.3) is 0 Å². The molecule has 0 bridgehead atoms. The lowest BCUT2D eigenvalue weighted by molar-refractivity contribution is -0.126. The SMILES string of the molecule is Cc1ccc(C(=O)Nc2ccc(C3OC(=O)N(Cc4ccccc4)C3C(=O)NC(C)C)cc2)cc1. The van der Waals surface area contributed by atoms with E-state index in [1.165, 1.54) is 4.90 Å². The first kappa shape index (κ1) is 24.0. The lowest BCUT2D eigenvalue weighted by Crippen LogP contribution is -2.48. The Balaban J connectivity index is 1.54.